The molecule has 2 N–H and O–H groups in total. The topological polar surface area (TPSA) is 55.0 Å². The van der Waals surface area contributed by atoms with E-state index in [1.54, 1.807) is 12.3 Å². The lowest BCUT2D eigenvalue weighted by atomic mass is 10.1. The van der Waals surface area contributed by atoms with Crippen molar-refractivity contribution in [2.45, 2.75) is 19.3 Å². The lowest BCUT2D eigenvalue weighted by Crippen LogP contribution is -2.31. The van der Waals surface area contributed by atoms with Crippen LogP contribution in [-0.2, 0) is 0 Å². The summed E-state index contributed by atoms with van der Waals surface area (Å²) in [7, 11) is 0. The molecule has 1 aromatic carbocycles. The molecule has 0 aliphatic carbocycles. The fourth-order valence-corrected chi connectivity index (χ4v) is 3.04. The van der Waals surface area contributed by atoms with Crippen LogP contribution < -0.4 is 10.6 Å². The number of piperidine rings is 1. The lowest BCUT2D eigenvalue weighted by Gasteiger charge is -2.29. The highest BCUT2D eigenvalue weighted by molar-refractivity contribution is 6.43. The van der Waals surface area contributed by atoms with E-state index in [0.717, 1.165) is 42.9 Å². The number of rotatable bonds is 2. The maximum atomic E-state index is 6.34. The summed E-state index contributed by atoms with van der Waals surface area (Å²) in [6.07, 6.45) is 5.30. The fourth-order valence-electron chi connectivity index (χ4n) is 2.63. The number of halogens is 2. The minimum atomic E-state index is 0.275. The van der Waals surface area contributed by atoms with Crippen LogP contribution in [0.15, 0.2) is 24.4 Å². The molecule has 2 heterocycles. The number of nitrogens with two attached hydrogens (primary N) is 1. The van der Waals surface area contributed by atoms with Gasteiger partial charge in [-0.05, 0) is 25.3 Å². The third kappa shape index (κ3) is 2.92. The number of hydrogen-bond donors (Lipinski definition) is 1. The predicted octanol–water partition coefficient (Wildman–Crippen LogP) is 4.02. The van der Waals surface area contributed by atoms with Gasteiger partial charge in [0.1, 0.15) is 5.82 Å². The summed E-state index contributed by atoms with van der Waals surface area (Å²) >= 11 is 12.5. The van der Waals surface area contributed by atoms with Crippen molar-refractivity contribution >= 4 is 35.0 Å². The van der Waals surface area contributed by atoms with Gasteiger partial charge in [-0.2, -0.15) is 4.98 Å². The van der Waals surface area contributed by atoms with E-state index in [-0.39, 0.29) is 5.95 Å². The van der Waals surface area contributed by atoms with Gasteiger partial charge in [-0.1, -0.05) is 35.3 Å². The number of benzene rings is 1. The minimum Gasteiger partial charge on any atom is -0.368 e. The maximum Gasteiger partial charge on any atom is 0.221 e. The Bertz CT molecular complexity index is 654. The third-order valence-electron chi connectivity index (χ3n) is 3.68. The third-order valence-corrected chi connectivity index (χ3v) is 4.50. The number of nitrogen functional groups attached to an aromatic ring is 1. The second-order valence-electron chi connectivity index (χ2n) is 5.11. The molecule has 4 nitrogen and oxygen atoms in total. The molecule has 6 heteroatoms. The quantitative estimate of drug-likeness (QED) is 0.907. The van der Waals surface area contributed by atoms with Crippen LogP contribution in [0.2, 0.25) is 10.0 Å². The van der Waals surface area contributed by atoms with E-state index in [0.29, 0.717) is 10.0 Å². The van der Waals surface area contributed by atoms with Crippen molar-refractivity contribution < 1.29 is 0 Å². The first-order valence-electron chi connectivity index (χ1n) is 6.98. The van der Waals surface area contributed by atoms with Gasteiger partial charge in [0, 0.05) is 30.4 Å². The molecule has 110 valence electrons. The molecular formula is C15H16Cl2N4. The highest BCUT2D eigenvalue weighted by Gasteiger charge is 2.19. The number of anilines is 2. The Morgan fingerprint density at radius 1 is 1.05 bits per heavy atom. The monoisotopic (exact) mass is 322 g/mol. The van der Waals surface area contributed by atoms with Crippen LogP contribution in [-0.4, -0.2) is 23.1 Å². The van der Waals surface area contributed by atoms with Crippen LogP contribution in [0, 0.1) is 0 Å². The molecule has 1 aliphatic rings. The van der Waals surface area contributed by atoms with Crippen LogP contribution in [0.3, 0.4) is 0 Å². The molecule has 2 aromatic rings. The molecule has 0 radical (unpaired) electrons. The number of nitrogens with zero attached hydrogens (tertiary/aromatic N) is 3. The van der Waals surface area contributed by atoms with E-state index in [4.69, 9.17) is 28.9 Å². The van der Waals surface area contributed by atoms with Gasteiger partial charge in [-0.15, -0.1) is 0 Å². The molecular weight excluding hydrogens is 307 g/mol. The van der Waals surface area contributed by atoms with E-state index in [2.05, 4.69) is 14.9 Å². The first-order valence-corrected chi connectivity index (χ1v) is 7.74. The lowest BCUT2D eigenvalue weighted by molar-refractivity contribution is 0.574. The van der Waals surface area contributed by atoms with Crippen LogP contribution in [0.4, 0.5) is 11.8 Å². The first kappa shape index (κ1) is 14.4. The van der Waals surface area contributed by atoms with Crippen LogP contribution in [0.25, 0.3) is 11.1 Å². The summed E-state index contributed by atoms with van der Waals surface area (Å²) in [5.74, 6) is 1.11. The molecule has 0 saturated carbocycles. The van der Waals surface area contributed by atoms with Gasteiger partial charge in [0.15, 0.2) is 0 Å². The zero-order valence-corrected chi connectivity index (χ0v) is 13.0. The molecule has 0 spiro atoms. The second kappa shape index (κ2) is 6.08. The zero-order valence-electron chi connectivity index (χ0n) is 11.5. The van der Waals surface area contributed by atoms with E-state index in [1.165, 1.54) is 6.42 Å². The molecule has 0 unspecified atom stereocenters. The summed E-state index contributed by atoms with van der Waals surface area (Å²) in [4.78, 5) is 10.8. The Hall–Kier alpha value is -1.52. The Morgan fingerprint density at radius 2 is 1.81 bits per heavy atom. The van der Waals surface area contributed by atoms with Gasteiger partial charge in [0.25, 0.3) is 0 Å². The zero-order chi connectivity index (χ0) is 14.8. The Kier molecular flexibility index (Phi) is 4.17. The predicted molar refractivity (Wildman–Crippen MR) is 88.0 cm³/mol. The molecule has 1 fully saturated rings. The first-order chi connectivity index (χ1) is 10.2. The van der Waals surface area contributed by atoms with Crippen LogP contribution in [0.5, 0.6) is 0 Å². The largest absolute Gasteiger partial charge is 0.368 e. The minimum absolute atomic E-state index is 0.275. The van der Waals surface area contributed by atoms with E-state index >= 15 is 0 Å². The summed E-state index contributed by atoms with van der Waals surface area (Å²) in [6, 6.07) is 5.57. The highest BCUT2D eigenvalue weighted by Crippen LogP contribution is 2.38. The van der Waals surface area contributed by atoms with Gasteiger partial charge in [-0.25, -0.2) is 4.98 Å². The van der Waals surface area contributed by atoms with Crippen molar-refractivity contribution in [1.29, 1.82) is 0 Å². The van der Waals surface area contributed by atoms with Crippen molar-refractivity contribution in [3.8, 4) is 11.1 Å². The van der Waals surface area contributed by atoms with E-state index in [1.807, 2.05) is 12.1 Å². The summed E-state index contributed by atoms with van der Waals surface area (Å²) in [5, 5.41) is 1.04. The summed E-state index contributed by atoms with van der Waals surface area (Å²) < 4.78 is 0. The van der Waals surface area contributed by atoms with Crippen molar-refractivity contribution in [3.63, 3.8) is 0 Å². The average molecular weight is 323 g/mol. The van der Waals surface area contributed by atoms with Gasteiger partial charge in [0.2, 0.25) is 5.95 Å². The Labute approximate surface area is 133 Å². The van der Waals surface area contributed by atoms with E-state index < -0.39 is 0 Å². The van der Waals surface area contributed by atoms with Gasteiger partial charge < -0.3 is 10.6 Å². The Morgan fingerprint density at radius 3 is 2.57 bits per heavy atom. The molecule has 0 atom stereocenters. The Balaban J connectivity index is 2.11. The van der Waals surface area contributed by atoms with Crippen molar-refractivity contribution in [1.82, 2.24) is 9.97 Å². The van der Waals surface area contributed by atoms with Gasteiger partial charge in [-0.3, -0.25) is 0 Å². The maximum absolute atomic E-state index is 6.34. The second-order valence-corrected chi connectivity index (χ2v) is 5.90. The molecule has 0 amide bonds. The van der Waals surface area contributed by atoms with Gasteiger partial charge in [0.05, 0.1) is 10.0 Å². The van der Waals surface area contributed by atoms with Crippen molar-refractivity contribution in [2.75, 3.05) is 23.7 Å². The van der Waals surface area contributed by atoms with Crippen LogP contribution in [0.1, 0.15) is 19.3 Å². The average Bonchev–Trinajstić information content (AvgIpc) is 2.51. The van der Waals surface area contributed by atoms with Gasteiger partial charge >= 0.3 is 0 Å². The standard InChI is InChI=1S/C15H16Cl2N4/c16-12-6-4-5-10(13(12)17)11-9-19-15(18)20-14(11)21-7-2-1-3-8-21/h4-6,9H,1-3,7-8H2,(H2,18,19,20). The number of aromatic nitrogens is 2. The highest BCUT2D eigenvalue weighted by atomic mass is 35.5. The van der Waals surface area contributed by atoms with Crippen LogP contribution >= 0.6 is 23.2 Å². The SMILES string of the molecule is Nc1ncc(-c2cccc(Cl)c2Cl)c(N2CCCCC2)n1. The molecule has 0 bridgehead atoms. The molecule has 21 heavy (non-hydrogen) atoms. The molecule has 1 saturated heterocycles. The normalized spacial score (nSPS) is 15.2. The fraction of sp³-hybridized carbons (Fsp3) is 0.333. The van der Waals surface area contributed by atoms with Crippen molar-refractivity contribution in [3.05, 3.63) is 34.4 Å². The molecule has 1 aliphatic heterocycles. The van der Waals surface area contributed by atoms with Crippen molar-refractivity contribution in [2.24, 2.45) is 0 Å². The smallest absolute Gasteiger partial charge is 0.221 e. The van der Waals surface area contributed by atoms with E-state index in [9.17, 15) is 0 Å². The molecule has 1 aromatic heterocycles. The summed E-state index contributed by atoms with van der Waals surface area (Å²) in [5.41, 5.74) is 7.48. The number of hydrogen-bond acceptors (Lipinski definition) is 4. The molecule has 3 rings (SSSR count). The summed E-state index contributed by atoms with van der Waals surface area (Å²) in [6.45, 7) is 1.95.